The van der Waals surface area contributed by atoms with Crippen molar-refractivity contribution in [1.82, 2.24) is 4.90 Å². The number of anilines is 1. The zero-order chi connectivity index (χ0) is 17.1. The maximum atomic E-state index is 12.5. The molecule has 0 aromatic heterocycles. The van der Waals surface area contributed by atoms with E-state index in [2.05, 4.69) is 41.5 Å². The van der Waals surface area contributed by atoms with Crippen molar-refractivity contribution in [2.75, 3.05) is 18.9 Å². The Morgan fingerprint density at radius 1 is 1.12 bits per heavy atom. The van der Waals surface area contributed by atoms with E-state index in [0.717, 1.165) is 29.7 Å². The minimum atomic E-state index is 0.0537. The minimum absolute atomic E-state index is 0.0537. The fourth-order valence-electron chi connectivity index (χ4n) is 3.71. The highest BCUT2D eigenvalue weighted by molar-refractivity contribution is 5.93. The predicted molar refractivity (Wildman–Crippen MR) is 99.3 cm³/mol. The lowest BCUT2D eigenvalue weighted by Crippen LogP contribution is -2.35. The van der Waals surface area contributed by atoms with Crippen LogP contribution in [0.25, 0.3) is 0 Å². The lowest BCUT2D eigenvalue weighted by atomic mass is 9.87. The van der Waals surface area contributed by atoms with Gasteiger partial charge in [-0.1, -0.05) is 42.5 Å². The molecule has 1 aliphatic carbocycles. The van der Waals surface area contributed by atoms with Crippen LogP contribution in [0.1, 0.15) is 41.1 Å². The molecule has 2 aromatic rings. The van der Waals surface area contributed by atoms with E-state index in [-0.39, 0.29) is 5.91 Å². The third-order valence-corrected chi connectivity index (χ3v) is 5.01. The van der Waals surface area contributed by atoms with Crippen molar-refractivity contribution >= 4 is 11.6 Å². The normalized spacial score (nSPS) is 16.8. The van der Waals surface area contributed by atoms with Crippen molar-refractivity contribution in [2.24, 2.45) is 0 Å². The maximum absolute atomic E-state index is 12.5. The highest BCUT2D eigenvalue weighted by Crippen LogP contribution is 2.33. The Hall–Kier alpha value is -2.13. The standard InChI is InChI=1S/C21H26N2O/c1-15-8-6-9-16(2)21(15)22-20(24)14-23(3)19-13-7-11-17-10-4-5-12-18(17)19/h4-6,8-10,12,19H,7,11,13-14H2,1-3H3,(H,22,24)/t19-/m0/s1. The summed E-state index contributed by atoms with van der Waals surface area (Å²) < 4.78 is 0. The Kier molecular flexibility index (Phi) is 5.00. The van der Waals surface area contributed by atoms with Crippen LogP contribution >= 0.6 is 0 Å². The number of rotatable bonds is 4. The van der Waals surface area contributed by atoms with Crippen LogP contribution in [0.15, 0.2) is 42.5 Å². The van der Waals surface area contributed by atoms with E-state index in [1.54, 1.807) is 0 Å². The second kappa shape index (κ2) is 7.18. The fourth-order valence-corrected chi connectivity index (χ4v) is 3.71. The van der Waals surface area contributed by atoms with Gasteiger partial charge in [-0.3, -0.25) is 9.69 Å². The Morgan fingerprint density at radius 3 is 2.58 bits per heavy atom. The Morgan fingerprint density at radius 2 is 1.83 bits per heavy atom. The molecule has 0 saturated heterocycles. The summed E-state index contributed by atoms with van der Waals surface area (Å²) in [7, 11) is 2.05. The lowest BCUT2D eigenvalue weighted by molar-refractivity contribution is -0.117. The molecule has 0 radical (unpaired) electrons. The monoisotopic (exact) mass is 322 g/mol. The number of nitrogens with one attached hydrogen (secondary N) is 1. The number of hydrogen-bond donors (Lipinski definition) is 1. The summed E-state index contributed by atoms with van der Waals surface area (Å²) in [4.78, 5) is 14.7. The molecule has 1 aliphatic rings. The Bertz CT molecular complexity index is 718. The molecule has 1 amide bonds. The molecule has 126 valence electrons. The van der Waals surface area contributed by atoms with Gasteiger partial charge in [0.1, 0.15) is 0 Å². The summed E-state index contributed by atoms with van der Waals surface area (Å²) in [6.07, 6.45) is 3.45. The van der Waals surface area contributed by atoms with Crippen molar-refractivity contribution in [1.29, 1.82) is 0 Å². The topological polar surface area (TPSA) is 32.3 Å². The van der Waals surface area contributed by atoms with Gasteiger partial charge in [0.2, 0.25) is 5.91 Å². The summed E-state index contributed by atoms with van der Waals surface area (Å²) in [5.41, 5.74) is 5.96. The second-order valence-electron chi connectivity index (χ2n) is 6.84. The SMILES string of the molecule is Cc1cccc(C)c1NC(=O)CN(C)[C@H]1CCCc2ccccc21. The molecule has 3 rings (SSSR count). The number of nitrogens with zero attached hydrogens (tertiary/aromatic N) is 1. The van der Waals surface area contributed by atoms with Gasteiger partial charge in [-0.25, -0.2) is 0 Å². The first-order valence-corrected chi connectivity index (χ1v) is 8.70. The first kappa shape index (κ1) is 16.7. The summed E-state index contributed by atoms with van der Waals surface area (Å²) in [5.74, 6) is 0.0537. The molecule has 0 fully saturated rings. The smallest absolute Gasteiger partial charge is 0.238 e. The van der Waals surface area contributed by atoms with E-state index in [0.29, 0.717) is 12.6 Å². The summed E-state index contributed by atoms with van der Waals surface area (Å²) >= 11 is 0. The number of carbonyl (C=O) groups is 1. The van der Waals surface area contributed by atoms with Crippen LogP contribution in [0.2, 0.25) is 0 Å². The predicted octanol–water partition coefficient (Wildman–Crippen LogP) is 4.25. The largest absolute Gasteiger partial charge is 0.324 e. The van der Waals surface area contributed by atoms with Gasteiger partial charge < -0.3 is 5.32 Å². The van der Waals surface area contributed by atoms with E-state index < -0.39 is 0 Å². The molecule has 3 heteroatoms. The van der Waals surface area contributed by atoms with Crippen LogP contribution in [0.3, 0.4) is 0 Å². The van der Waals surface area contributed by atoms with Crippen molar-refractivity contribution < 1.29 is 4.79 Å². The molecule has 0 bridgehead atoms. The number of para-hydroxylation sites is 1. The van der Waals surface area contributed by atoms with Crippen molar-refractivity contribution in [2.45, 2.75) is 39.2 Å². The van der Waals surface area contributed by atoms with E-state index in [1.807, 2.05) is 32.0 Å². The van der Waals surface area contributed by atoms with Crippen LogP contribution < -0.4 is 5.32 Å². The van der Waals surface area contributed by atoms with Gasteiger partial charge in [0.15, 0.2) is 0 Å². The Labute approximate surface area is 144 Å². The van der Waals surface area contributed by atoms with Crippen molar-refractivity contribution in [3.8, 4) is 0 Å². The number of aryl methyl sites for hydroxylation is 3. The van der Waals surface area contributed by atoms with Gasteiger partial charge in [0.05, 0.1) is 6.54 Å². The molecule has 0 heterocycles. The van der Waals surface area contributed by atoms with Gasteiger partial charge in [-0.05, 0) is 62.4 Å². The van der Waals surface area contributed by atoms with E-state index >= 15 is 0 Å². The van der Waals surface area contributed by atoms with Crippen LogP contribution in [-0.2, 0) is 11.2 Å². The average molecular weight is 322 g/mol. The van der Waals surface area contributed by atoms with Crippen LogP contribution in [0.5, 0.6) is 0 Å². The third kappa shape index (κ3) is 3.51. The molecule has 3 nitrogen and oxygen atoms in total. The van der Waals surface area contributed by atoms with Gasteiger partial charge >= 0.3 is 0 Å². The van der Waals surface area contributed by atoms with Gasteiger partial charge in [-0.2, -0.15) is 0 Å². The molecule has 1 atom stereocenters. The zero-order valence-corrected chi connectivity index (χ0v) is 14.8. The third-order valence-electron chi connectivity index (χ3n) is 5.01. The van der Waals surface area contributed by atoms with E-state index in [4.69, 9.17) is 0 Å². The second-order valence-corrected chi connectivity index (χ2v) is 6.84. The van der Waals surface area contributed by atoms with E-state index in [1.165, 1.54) is 17.5 Å². The number of benzene rings is 2. The van der Waals surface area contributed by atoms with Crippen LogP contribution in [-0.4, -0.2) is 24.4 Å². The molecule has 0 aliphatic heterocycles. The first-order valence-electron chi connectivity index (χ1n) is 8.70. The van der Waals surface area contributed by atoms with Crippen molar-refractivity contribution in [3.63, 3.8) is 0 Å². The number of likely N-dealkylation sites (N-methyl/N-ethyl adjacent to an activating group) is 1. The highest BCUT2D eigenvalue weighted by atomic mass is 16.2. The van der Waals surface area contributed by atoms with Crippen molar-refractivity contribution in [3.05, 3.63) is 64.7 Å². The molecule has 0 saturated carbocycles. The summed E-state index contributed by atoms with van der Waals surface area (Å²) in [6.45, 7) is 4.47. The number of carbonyl (C=O) groups excluding carboxylic acids is 1. The highest BCUT2D eigenvalue weighted by Gasteiger charge is 2.24. The van der Waals surface area contributed by atoms with E-state index in [9.17, 15) is 4.79 Å². The van der Waals surface area contributed by atoms with Gasteiger partial charge in [-0.15, -0.1) is 0 Å². The Balaban J connectivity index is 1.69. The van der Waals surface area contributed by atoms with Gasteiger partial charge in [0, 0.05) is 11.7 Å². The molecular weight excluding hydrogens is 296 g/mol. The van der Waals surface area contributed by atoms with Crippen LogP contribution in [0.4, 0.5) is 5.69 Å². The average Bonchev–Trinajstić information content (AvgIpc) is 2.57. The molecule has 24 heavy (non-hydrogen) atoms. The number of hydrogen-bond acceptors (Lipinski definition) is 2. The molecule has 2 aromatic carbocycles. The number of amides is 1. The zero-order valence-electron chi connectivity index (χ0n) is 14.8. The fraction of sp³-hybridized carbons (Fsp3) is 0.381. The molecule has 1 N–H and O–H groups in total. The minimum Gasteiger partial charge on any atom is -0.324 e. The van der Waals surface area contributed by atoms with Gasteiger partial charge in [0.25, 0.3) is 0 Å². The molecular formula is C21H26N2O. The maximum Gasteiger partial charge on any atom is 0.238 e. The summed E-state index contributed by atoms with van der Waals surface area (Å²) in [6, 6.07) is 15.0. The quantitative estimate of drug-likeness (QED) is 0.912. The summed E-state index contributed by atoms with van der Waals surface area (Å²) in [5, 5.41) is 3.09. The molecule has 0 spiro atoms. The first-order chi connectivity index (χ1) is 11.6. The van der Waals surface area contributed by atoms with Crippen LogP contribution in [0, 0.1) is 13.8 Å². The number of fused-ring (bicyclic) bond motifs is 1. The lowest BCUT2D eigenvalue weighted by Gasteiger charge is -2.33. The molecule has 0 unspecified atom stereocenters.